The fraction of sp³-hybridized carbons (Fsp3) is 0.316. The van der Waals surface area contributed by atoms with Gasteiger partial charge in [-0.25, -0.2) is 0 Å². The van der Waals surface area contributed by atoms with Gasteiger partial charge >= 0.3 is 0 Å². The molecule has 0 amide bonds. The van der Waals surface area contributed by atoms with Crippen molar-refractivity contribution in [3.63, 3.8) is 0 Å². The minimum Gasteiger partial charge on any atom is -0.497 e. The lowest BCUT2D eigenvalue weighted by Gasteiger charge is -2.15. The van der Waals surface area contributed by atoms with E-state index in [9.17, 15) is 0 Å². The second kappa shape index (κ2) is 8.82. The number of benzene rings is 2. The predicted molar refractivity (Wildman–Crippen MR) is 93.9 cm³/mol. The number of oxime groups is 1. The first-order valence-electron chi connectivity index (χ1n) is 7.85. The molecule has 0 bridgehead atoms. The van der Waals surface area contributed by atoms with Crippen LogP contribution < -0.4 is 14.2 Å². The first kappa shape index (κ1) is 17.7. The summed E-state index contributed by atoms with van der Waals surface area (Å²) < 4.78 is 16.8. The van der Waals surface area contributed by atoms with Crippen LogP contribution in [0.2, 0.25) is 0 Å². The Morgan fingerprint density at radius 3 is 2.42 bits per heavy atom. The highest BCUT2D eigenvalue weighted by Gasteiger charge is 2.08. The number of rotatable bonds is 8. The van der Waals surface area contributed by atoms with Gasteiger partial charge in [0.25, 0.3) is 0 Å². The molecule has 0 fully saturated rings. The maximum Gasteiger partial charge on any atom is 0.132 e. The molecule has 2 rings (SSSR count). The molecule has 0 aromatic heterocycles. The van der Waals surface area contributed by atoms with Crippen molar-refractivity contribution >= 4 is 6.21 Å². The molecule has 0 heterocycles. The van der Waals surface area contributed by atoms with E-state index in [1.807, 2.05) is 18.2 Å². The largest absolute Gasteiger partial charge is 0.497 e. The number of hydrogen-bond acceptors (Lipinski definition) is 5. The second-order valence-electron chi connectivity index (χ2n) is 5.54. The van der Waals surface area contributed by atoms with E-state index in [1.165, 1.54) is 11.8 Å². The summed E-state index contributed by atoms with van der Waals surface area (Å²) >= 11 is 0. The zero-order chi connectivity index (χ0) is 17.4. The summed E-state index contributed by atoms with van der Waals surface area (Å²) in [6.07, 6.45) is 1.32. The van der Waals surface area contributed by atoms with E-state index in [0.717, 1.165) is 5.75 Å². The van der Waals surface area contributed by atoms with Gasteiger partial charge < -0.3 is 19.4 Å². The molecule has 128 valence electrons. The summed E-state index contributed by atoms with van der Waals surface area (Å²) in [7, 11) is 1.59. The van der Waals surface area contributed by atoms with E-state index < -0.39 is 0 Å². The highest BCUT2D eigenvalue weighted by atomic mass is 16.5. The molecule has 2 aromatic carbocycles. The second-order valence-corrected chi connectivity index (χ2v) is 5.54. The van der Waals surface area contributed by atoms with Crippen LogP contribution in [-0.4, -0.2) is 31.7 Å². The quantitative estimate of drug-likeness (QED) is 0.343. The van der Waals surface area contributed by atoms with Crippen LogP contribution in [0, 0.1) is 0 Å². The smallest absolute Gasteiger partial charge is 0.132 e. The number of methoxy groups -OCH3 is 1. The van der Waals surface area contributed by atoms with Gasteiger partial charge in [-0.2, -0.15) is 0 Å². The van der Waals surface area contributed by atoms with Crippen molar-refractivity contribution in [2.24, 2.45) is 5.16 Å². The van der Waals surface area contributed by atoms with Gasteiger partial charge in [0.05, 0.1) is 13.3 Å². The van der Waals surface area contributed by atoms with Gasteiger partial charge in [-0.3, -0.25) is 0 Å². The first-order valence-corrected chi connectivity index (χ1v) is 7.85. The zero-order valence-electron chi connectivity index (χ0n) is 14.2. The maximum atomic E-state index is 8.73. The third-order valence-corrected chi connectivity index (χ3v) is 3.56. The van der Waals surface area contributed by atoms with Crippen molar-refractivity contribution in [3.05, 3.63) is 53.6 Å². The van der Waals surface area contributed by atoms with Gasteiger partial charge in [-0.05, 0) is 29.7 Å². The molecule has 0 unspecified atom stereocenters. The number of hydrogen-bond donors (Lipinski definition) is 1. The lowest BCUT2D eigenvalue weighted by molar-refractivity contribution is 0.215. The van der Waals surface area contributed by atoms with Crippen molar-refractivity contribution in [1.82, 2.24) is 0 Å². The Morgan fingerprint density at radius 2 is 1.75 bits per heavy atom. The summed E-state index contributed by atoms with van der Waals surface area (Å²) in [6.45, 7) is 5.05. The maximum absolute atomic E-state index is 8.73. The molecular formula is C19H23NO4. The summed E-state index contributed by atoms with van der Waals surface area (Å²) in [6, 6.07) is 13.3. The lowest BCUT2D eigenvalue weighted by atomic mass is 10.0. The van der Waals surface area contributed by atoms with Crippen LogP contribution >= 0.6 is 0 Å². The van der Waals surface area contributed by atoms with Gasteiger partial charge in [-0.15, -0.1) is 0 Å². The van der Waals surface area contributed by atoms with Crippen LogP contribution in [0.1, 0.15) is 30.9 Å². The standard InChI is InChI=1S/C19H23NO4/c1-14(2)17-6-4-5-7-18(17)23-10-11-24-19-12-16(22-3)9-8-15(19)13-20-21/h4-9,12-14,21H,10-11H2,1-3H3. The van der Waals surface area contributed by atoms with Gasteiger partial charge in [-0.1, -0.05) is 37.2 Å². The number of para-hydroxylation sites is 1. The molecule has 24 heavy (non-hydrogen) atoms. The summed E-state index contributed by atoms with van der Waals surface area (Å²) in [5, 5.41) is 11.8. The summed E-state index contributed by atoms with van der Waals surface area (Å²) in [5.41, 5.74) is 1.84. The molecule has 0 spiro atoms. The molecule has 5 nitrogen and oxygen atoms in total. The van der Waals surface area contributed by atoms with E-state index in [-0.39, 0.29) is 0 Å². The Kier molecular flexibility index (Phi) is 6.49. The van der Waals surface area contributed by atoms with Gasteiger partial charge in [0.2, 0.25) is 0 Å². The normalized spacial score (nSPS) is 11.0. The molecule has 0 saturated heterocycles. The topological polar surface area (TPSA) is 60.3 Å². The van der Waals surface area contributed by atoms with Crippen molar-refractivity contribution in [2.45, 2.75) is 19.8 Å². The lowest BCUT2D eigenvalue weighted by Crippen LogP contribution is -2.11. The first-order chi connectivity index (χ1) is 11.7. The molecule has 1 N–H and O–H groups in total. The third-order valence-electron chi connectivity index (χ3n) is 3.56. The fourth-order valence-corrected chi connectivity index (χ4v) is 2.33. The minimum atomic E-state index is 0.367. The van der Waals surface area contributed by atoms with Gasteiger partial charge in [0.1, 0.15) is 30.5 Å². The Labute approximate surface area is 142 Å². The minimum absolute atomic E-state index is 0.367. The predicted octanol–water partition coefficient (Wildman–Crippen LogP) is 4.08. The van der Waals surface area contributed by atoms with E-state index in [2.05, 4.69) is 25.1 Å². The van der Waals surface area contributed by atoms with Crippen molar-refractivity contribution in [1.29, 1.82) is 0 Å². The molecule has 0 saturated carbocycles. The highest BCUT2D eigenvalue weighted by Crippen LogP contribution is 2.26. The molecule has 0 atom stereocenters. The van der Waals surface area contributed by atoms with Gasteiger partial charge in [0.15, 0.2) is 0 Å². The highest BCUT2D eigenvalue weighted by molar-refractivity contribution is 5.83. The number of ether oxygens (including phenoxy) is 3. The molecule has 0 aliphatic carbocycles. The summed E-state index contributed by atoms with van der Waals surface area (Å²) in [4.78, 5) is 0. The molecule has 0 aliphatic rings. The molecule has 5 heteroatoms. The monoisotopic (exact) mass is 329 g/mol. The zero-order valence-corrected chi connectivity index (χ0v) is 14.2. The molecule has 2 aromatic rings. The van der Waals surface area contributed by atoms with Crippen molar-refractivity contribution in [2.75, 3.05) is 20.3 Å². The summed E-state index contributed by atoms with van der Waals surface area (Å²) in [5.74, 6) is 2.52. The van der Waals surface area contributed by atoms with E-state index in [4.69, 9.17) is 19.4 Å². The molecule has 0 radical (unpaired) electrons. The van der Waals surface area contributed by atoms with Crippen molar-refractivity contribution in [3.8, 4) is 17.2 Å². The van der Waals surface area contributed by atoms with Crippen LogP contribution in [0.15, 0.2) is 47.6 Å². The average Bonchev–Trinajstić information content (AvgIpc) is 2.60. The average molecular weight is 329 g/mol. The van der Waals surface area contributed by atoms with Crippen LogP contribution in [-0.2, 0) is 0 Å². The molecule has 0 aliphatic heterocycles. The molecular weight excluding hydrogens is 306 g/mol. The van der Waals surface area contributed by atoms with E-state index >= 15 is 0 Å². The third kappa shape index (κ3) is 4.65. The van der Waals surface area contributed by atoms with Crippen LogP contribution in [0.4, 0.5) is 0 Å². The van der Waals surface area contributed by atoms with Crippen molar-refractivity contribution < 1.29 is 19.4 Å². The SMILES string of the molecule is COc1ccc(C=NO)c(OCCOc2ccccc2C(C)C)c1. The fourth-order valence-electron chi connectivity index (χ4n) is 2.33. The Morgan fingerprint density at radius 1 is 1.04 bits per heavy atom. The van der Waals surface area contributed by atoms with Crippen LogP contribution in [0.3, 0.4) is 0 Å². The van der Waals surface area contributed by atoms with E-state index in [0.29, 0.717) is 36.2 Å². The Bertz CT molecular complexity index is 683. The number of nitrogens with zero attached hydrogens (tertiary/aromatic N) is 1. The van der Waals surface area contributed by atoms with Crippen LogP contribution in [0.5, 0.6) is 17.2 Å². The Hall–Kier alpha value is -2.69. The van der Waals surface area contributed by atoms with E-state index in [1.54, 1.807) is 25.3 Å². The van der Waals surface area contributed by atoms with Gasteiger partial charge in [0, 0.05) is 11.6 Å². The Balaban J connectivity index is 1.97. The van der Waals surface area contributed by atoms with Crippen LogP contribution in [0.25, 0.3) is 0 Å².